The van der Waals surface area contributed by atoms with E-state index in [0.29, 0.717) is 23.6 Å². The average Bonchev–Trinajstić information content (AvgIpc) is 2.45. The first-order valence-electron chi connectivity index (χ1n) is 7.70. The summed E-state index contributed by atoms with van der Waals surface area (Å²) in [4.78, 5) is 26.1. The van der Waals surface area contributed by atoms with Crippen LogP contribution in [-0.4, -0.2) is 36.0 Å². The number of hydrogen-bond acceptors (Lipinski definition) is 3. The van der Waals surface area contributed by atoms with Gasteiger partial charge in [0.25, 0.3) is 5.91 Å². The molecule has 22 heavy (non-hydrogen) atoms. The molecular formula is C17H22ClNO3. The highest BCUT2D eigenvalue weighted by atomic mass is 35.5. The van der Waals surface area contributed by atoms with Crippen LogP contribution in [0.2, 0.25) is 5.02 Å². The average molecular weight is 324 g/mol. The Labute approximate surface area is 136 Å². The summed E-state index contributed by atoms with van der Waals surface area (Å²) in [5, 5.41) is 0.555. The number of piperidine rings is 1. The van der Waals surface area contributed by atoms with Crippen LogP contribution in [0.1, 0.15) is 43.5 Å². The van der Waals surface area contributed by atoms with Crippen LogP contribution in [0.3, 0.4) is 0 Å². The Morgan fingerprint density at radius 2 is 2.18 bits per heavy atom. The van der Waals surface area contributed by atoms with Gasteiger partial charge in [0.1, 0.15) is 0 Å². The number of halogens is 1. The van der Waals surface area contributed by atoms with E-state index in [1.807, 2.05) is 18.7 Å². The van der Waals surface area contributed by atoms with E-state index in [4.69, 9.17) is 16.3 Å². The summed E-state index contributed by atoms with van der Waals surface area (Å²) >= 11 is 5.94. The lowest BCUT2D eigenvalue weighted by Crippen LogP contribution is -2.40. The van der Waals surface area contributed by atoms with Gasteiger partial charge in [-0.2, -0.15) is 0 Å². The van der Waals surface area contributed by atoms with Gasteiger partial charge in [-0.25, -0.2) is 0 Å². The van der Waals surface area contributed by atoms with Crippen LogP contribution in [0.4, 0.5) is 0 Å². The van der Waals surface area contributed by atoms with Crippen molar-refractivity contribution in [1.29, 1.82) is 0 Å². The molecule has 0 N–H and O–H groups in total. The molecule has 0 spiro atoms. The molecule has 0 saturated carbocycles. The van der Waals surface area contributed by atoms with E-state index in [0.717, 1.165) is 19.4 Å². The Morgan fingerprint density at radius 1 is 1.41 bits per heavy atom. The molecule has 2 rings (SSSR count). The van der Waals surface area contributed by atoms with Crippen LogP contribution in [-0.2, 0) is 9.53 Å². The van der Waals surface area contributed by atoms with E-state index in [-0.39, 0.29) is 23.9 Å². The Bertz CT molecular complexity index is 544. The zero-order chi connectivity index (χ0) is 16.1. The number of likely N-dealkylation sites (tertiary alicyclic amines) is 1. The van der Waals surface area contributed by atoms with Crippen molar-refractivity contribution in [2.45, 2.75) is 39.2 Å². The number of carbonyl (C=O) groups excluding carboxylic acids is 2. The normalized spacial score (nSPS) is 18.4. The molecule has 1 unspecified atom stereocenters. The topological polar surface area (TPSA) is 46.6 Å². The summed E-state index contributed by atoms with van der Waals surface area (Å²) in [6, 6.07) is 6.97. The fourth-order valence-corrected chi connectivity index (χ4v) is 2.96. The highest BCUT2D eigenvalue weighted by Crippen LogP contribution is 2.22. The van der Waals surface area contributed by atoms with Crippen molar-refractivity contribution >= 4 is 23.5 Å². The van der Waals surface area contributed by atoms with Crippen LogP contribution >= 0.6 is 11.6 Å². The van der Waals surface area contributed by atoms with E-state index in [9.17, 15) is 9.59 Å². The maximum Gasteiger partial charge on any atom is 0.306 e. The Kier molecular flexibility index (Phi) is 5.83. The highest BCUT2D eigenvalue weighted by Gasteiger charge is 2.26. The summed E-state index contributed by atoms with van der Waals surface area (Å²) in [6.07, 6.45) is 2.14. The second kappa shape index (κ2) is 7.63. The third-order valence-corrected chi connectivity index (χ3v) is 3.94. The molecule has 1 aliphatic heterocycles. The van der Waals surface area contributed by atoms with Gasteiger partial charge in [-0.3, -0.25) is 9.59 Å². The molecule has 4 nitrogen and oxygen atoms in total. The molecule has 5 heteroatoms. The number of rotatable bonds is 4. The Morgan fingerprint density at radius 3 is 2.86 bits per heavy atom. The smallest absolute Gasteiger partial charge is 0.306 e. The van der Waals surface area contributed by atoms with E-state index in [1.54, 1.807) is 24.3 Å². The van der Waals surface area contributed by atoms with Crippen LogP contribution in [0.25, 0.3) is 0 Å². The number of ether oxygens (including phenoxy) is 1. The van der Waals surface area contributed by atoms with E-state index in [2.05, 4.69) is 0 Å². The number of esters is 1. The molecule has 1 aromatic rings. The van der Waals surface area contributed by atoms with Gasteiger partial charge in [0.2, 0.25) is 0 Å². The zero-order valence-corrected chi connectivity index (χ0v) is 13.8. The van der Waals surface area contributed by atoms with E-state index < -0.39 is 0 Å². The standard InChI is InChI=1S/C17H22ClNO3/c1-12(2)22-16(20)9-13-5-4-8-19(11-13)17(21)14-6-3-7-15(18)10-14/h3,6-7,10,12-13H,4-5,8-9,11H2,1-2H3. The predicted octanol–water partition coefficient (Wildman–Crippen LogP) is 3.53. The van der Waals surface area contributed by atoms with Crippen LogP contribution in [0.15, 0.2) is 24.3 Å². The first-order chi connectivity index (χ1) is 10.5. The quantitative estimate of drug-likeness (QED) is 0.796. The molecule has 0 aliphatic carbocycles. The van der Waals surface area contributed by atoms with Crippen molar-refractivity contribution in [2.24, 2.45) is 5.92 Å². The van der Waals surface area contributed by atoms with Gasteiger partial charge in [-0.15, -0.1) is 0 Å². The van der Waals surface area contributed by atoms with Crippen molar-refractivity contribution in [2.75, 3.05) is 13.1 Å². The fourth-order valence-electron chi connectivity index (χ4n) is 2.77. The SMILES string of the molecule is CC(C)OC(=O)CC1CCCN(C(=O)c2cccc(Cl)c2)C1. The van der Waals surface area contributed by atoms with Gasteiger partial charge >= 0.3 is 5.97 Å². The molecule has 0 radical (unpaired) electrons. The minimum Gasteiger partial charge on any atom is -0.463 e. The van der Waals surface area contributed by atoms with Crippen molar-refractivity contribution in [1.82, 2.24) is 4.90 Å². The number of hydrogen-bond donors (Lipinski definition) is 0. The molecule has 1 atom stereocenters. The molecule has 1 aromatic carbocycles. The van der Waals surface area contributed by atoms with Gasteiger partial charge in [0, 0.05) is 23.7 Å². The summed E-state index contributed by atoms with van der Waals surface area (Å²) in [5.41, 5.74) is 0.595. The van der Waals surface area contributed by atoms with Crippen molar-refractivity contribution in [3.63, 3.8) is 0 Å². The fraction of sp³-hybridized carbons (Fsp3) is 0.529. The summed E-state index contributed by atoms with van der Waals surface area (Å²) < 4.78 is 5.19. The first kappa shape index (κ1) is 16.8. The molecule has 1 amide bonds. The second-order valence-corrected chi connectivity index (χ2v) is 6.45. The lowest BCUT2D eigenvalue weighted by Gasteiger charge is -2.32. The van der Waals surface area contributed by atoms with Gasteiger partial charge < -0.3 is 9.64 Å². The lowest BCUT2D eigenvalue weighted by atomic mass is 9.94. The monoisotopic (exact) mass is 323 g/mol. The Hall–Kier alpha value is -1.55. The zero-order valence-electron chi connectivity index (χ0n) is 13.0. The molecule has 0 bridgehead atoms. The number of amides is 1. The molecular weight excluding hydrogens is 302 g/mol. The molecule has 1 aliphatic rings. The van der Waals surface area contributed by atoms with Gasteiger partial charge in [0.05, 0.1) is 12.5 Å². The third-order valence-electron chi connectivity index (χ3n) is 3.70. The maximum absolute atomic E-state index is 12.5. The van der Waals surface area contributed by atoms with Gasteiger partial charge in [0.15, 0.2) is 0 Å². The number of carbonyl (C=O) groups is 2. The van der Waals surface area contributed by atoms with E-state index >= 15 is 0 Å². The molecule has 1 saturated heterocycles. The predicted molar refractivity (Wildman–Crippen MR) is 85.9 cm³/mol. The summed E-state index contributed by atoms with van der Waals surface area (Å²) in [5.74, 6) is -0.0374. The summed E-state index contributed by atoms with van der Waals surface area (Å²) in [6.45, 7) is 5.00. The molecule has 1 fully saturated rings. The number of nitrogens with zero attached hydrogens (tertiary/aromatic N) is 1. The molecule has 120 valence electrons. The third kappa shape index (κ3) is 4.73. The van der Waals surface area contributed by atoms with Gasteiger partial charge in [-0.05, 0) is 50.8 Å². The largest absolute Gasteiger partial charge is 0.463 e. The molecule has 1 heterocycles. The van der Waals surface area contributed by atoms with E-state index in [1.165, 1.54) is 0 Å². The first-order valence-corrected chi connectivity index (χ1v) is 8.08. The van der Waals surface area contributed by atoms with Crippen LogP contribution < -0.4 is 0 Å². The van der Waals surface area contributed by atoms with Crippen LogP contribution in [0, 0.1) is 5.92 Å². The lowest BCUT2D eigenvalue weighted by molar-refractivity contribution is -0.148. The van der Waals surface area contributed by atoms with Gasteiger partial charge in [-0.1, -0.05) is 17.7 Å². The minimum absolute atomic E-state index is 0.0237. The molecule has 0 aromatic heterocycles. The highest BCUT2D eigenvalue weighted by molar-refractivity contribution is 6.30. The van der Waals surface area contributed by atoms with Crippen molar-refractivity contribution in [3.8, 4) is 0 Å². The van der Waals surface area contributed by atoms with Crippen molar-refractivity contribution < 1.29 is 14.3 Å². The second-order valence-electron chi connectivity index (χ2n) is 6.01. The van der Waals surface area contributed by atoms with Crippen LogP contribution in [0.5, 0.6) is 0 Å². The van der Waals surface area contributed by atoms with Crippen molar-refractivity contribution in [3.05, 3.63) is 34.9 Å². The number of benzene rings is 1. The Balaban J connectivity index is 1.95. The minimum atomic E-state index is -0.183. The maximum atomic E-state index is 12.5. The summed E-state index contributed by atoms with van der Waals surface area (Å²) in [7, 11) is 0.